The summed E-state index contributed by atoms with van der Waals surface area (Å²) in [6, 6.07) is 9.03. The molecule has 0 saturated carbocycles. The Balaban J connectivity index is 2.05. The molecule has 0 aromatic heterocycles. The molecule has 1 aliphatic heterocycles. The molecule has 0 spiro atoms. The molecule has 0 bridgehead atoms. The number of β-amino-alcohol motifs (C(OH)–C–C–N with tert-alkyl or cyclic N) is 1. The summed E-state index contributed by atoms with van der Waals surface area (Å²) in [5, 5.41) is 9.96. The van der Waals surface area contributed by atoms with Crippen molar-refractivity contribution in [1.82, 2.24) is 4.90 Å². The minimum atomic E-state index is -0.813. The van der Waals surface area contributed by atoms with E-state index in [1.54, 1.807) is 12.1 Å². The summed E-state index contributed by atoms with van der Waals surface area (Å²) < 4.78 is 0. The molecule has 2 amide bonds. The Bertz CT molecular complexity index is 405. The second-order valence-corrected chi connectivity index (χ2v) is 4.80. The molecule has 1 aromatic carbocycles. The number of carbonyl (C=O) groups is 2. The molecule has 1 atom stereocenters. The highest BCUT2D eigenvalue weighted by Crippen LogP contribution is 2.18. The molecule has 1 aromatic rings. The fourth-order valence-electron chi connectivity index (χ4n) is 1.68. The van der Waals surface area contributed by atoms with Crippen LogP contribution in [0.1, 0.15) is 11.7 Å². The van der Waals surface area contributed by atoms with Crippen molar-refractivity contribution in [3.63, 3.8) is 0 Å². The zero-order valence-electron chi connectivity index (χ0n) is 9.20. The predicted octanol–water partition coefficient (Wildman–Crippen LogP) is 0.822. The van der Waals surface area contributed by atoms with Crippen molar-refractivity contribution in [2.75, 3.05) is 18.1 Å². The van der Waals surface area contributed by atoms with Gasteiger partial charge in [0, 0.05) is 0 Å². The maximum absolute atomic E-state index is 11.5. The van der Waals surface area contributed by atoms with Crippen molar-refractivity contribution in [2.45, 2.75) is 6.10 Å². The molecule has 1 fully saturated rings. The highest BCUT2D eigenvalue weighted by atomic mass is 32.2. The second kappa shape index (κ2) is 5.33. The van der Waals surface area contributed by atoms with Gasteiger partial charge in [0.15, 0.2) is 0 Å². The summed E-state index contributed by atoms with van der Waals surface area (Å²) in [5.74, 6) is 0.183. The zero-order chi connectivity index (χ0) is 12.3. The molecular weight excluding hydrogens is 238 g/mol. The first-order valence-electron chi connectivity index (χ1n) is 5.32. The number of hydrogen-bond donors (Lipinski definition) is 1. The van der Waals surface area contributed by atoms with Crippen molar-refractivity contribution in [3.05, 3.63) is 35.9 Å². The van der Waals surface area contributed by atoms with Crippen molar-refractivity contribution in [2.24, 2.45) is 0 Å². The summed E-state index contributed by atoms with van der Waals surface area (Å²) in [5.41, 5.74) is 0.714. The first-order chi connectivity index (χ1) is 8.18. The van der Waals surface area contributed by atoms with Crippen LogP contribution in [-0.4, -0.2) is 39.9 Å². The quantitative estimate of drug-likeness (QED) is 0.808. The predicted molar refractivity (Wildman–Crippen MR) is 65.4 cm³/mol. The molecule has 1 aliphatic rings. The molecule has 2 rings (SSSR count). The molecule has 90 valence electrons. The van der Waals surface area contributed by atoms with Crippen molar-refractivity contribution >= 4 is 23.6 Å². The number of nitrogens with zero attached hydrogens (tertiary/aromatic N) is 1. The topological polar surface area (TPSA) is 57.6 Å². The number of carbonyl (C=O) groups excluding carboxylic acids is 2. The summed E-state index contributed by atoms with van der Waals surface area (Å²) in [7, 11) is 0. The van der Waals surface area contributed by atoms with Gasteiger partial charge in [0.2, 0.25) is 11.8 Å². The smallest absolute Gasteiger partial charge is 0.239 e. The van der Waals surface area contributed by atoms with Gasteiger partial charge in [-0.1, -0.05) is 30.3 Å². The van der Waals surface area contributed by atoms with Crippen LogP contribution in [0.15, 0.2) is 30.3 Å². The van der Waals surface area contributed by atoms with Gasteiger partial charge < -0.3 is 5.11 Å². The molecule has 0 aliphatic carbocycles. The van der Waals surface area contributed by atoms with E-state index in [-0.39, 0.29) is 18.4 Å². The van der Waals surface area contributed by atoms with Gasteiger partial charge in [-0.3, -0.25) is 14.5 Å². The van der Waals surface area contributed by atoms with Gasteiger partial charge in [0.05, 0.1) is 24.2 Å². The van der Waals surface area contributed by atoms with Crippen LogP contribution >= 0.6 is 11.8 Å². The molecule has 1 unspecified atom stereocenters. The number of amides is 2. The lowest BCUT2D eigenvalue weighted by Crippen LogP contribution is -2.45. The van der Waals surface area contributed by atoms with Crippen LogP contribution in [-0.2, 0) is 9.59 Å². The van der Waals surface area contributed by atoms with E-state index in [4.69, 9.17) is 0 Å². The van der Waals surface area contributed by atoms with Crippen molar-refractivity contribution in [1.29, 1.82) is 0 Å². The van der Waals surface area contributed by atoms with Gasteiger partial charge in [-0.05, 0) is 5.56 Å². The van der Waals surface area contributed by atoms with Gasteiger partial charge in [0.25, 0.3) is 0 Å². The third kappa shape index (κ3) is 2.87. The number of aliphatic hydroxyl groups is 1. The van der Waals surface area contributed by atoms with E-state index in [1.165, 1.54) is 11.8 Å². The lowest BCUT2D eigenvalue weighted by molar-refractivity contribution is -0.143. The van der Waals surface area contributed by atoms with E-state index in [1.807, 2.05) is 18.2 Å². The molecule has 5 heteroatoms. The lowest BCUT2D eigenvalue weighted by Gasteiger charge is -2.26. The molecular formula is C12H13NO3S. The van der Waals surface area contributed by atoms with Crippen LogP contribution in [0.2, 0.25) is 0 Å². The van der Waals surface area contributed by atoms with E-state index in [0.29, 0.717) is 17.1 Å². The fourth-order valence-corrected chi connectivity index (χ4v) is 2.44. The Morgan fingerprint density at radius 3 is 2.35 bits per heavy atom. The normalized spacial score (nSPS) is 18.3. The first-order valence-corrected chi connectivity index (χ1v) is 6.48. The van der Waals surface area contributed by atoms with Crippen LogP contribution < -0.4 is 0 Å². The average Bonchev–Trinajstić information content (AvgIpc) is 2.35. The largest absolute Gasteiger partial charge is 0.387 e. The van der Waals surface area contributed by atoms with Crippen LogP contribution in [0.3, 0.4) is 0 Å². The minimum absolute atomic E-state index is 0.0439. The number of thioether (sulfide) groups is 1. The van der Waals surface area contributed by atoms with Crippen LogP contribution in [0.25, 0.3) is 0 Å². The first kappa shape index (κ1) is 12.1. The summed E-state index contributed by atoms with van der Waals surface area (Å²) >= 11 is 1.32. The molecule has 4 nitrogen and oxygen atoms in total. The van der Waals surface area contributed by atoms with Gasteiger partial charge in [-0.25, -0.2) is 0 Å². The third-order valence-corrected chi connectivity index (χ3v) is 3.50. The summed E-state index contributed by atoms with van der Waals surface area (Å²) in [6.45, 7) is 0.0439. The van der Waals surface area contributed by atoms with E-state index < -0.39 is 6.10 Å². The molecule has 1 N–H and O–H groups in total. The Kier molecular flexibility index (Phi) is 3.81. The number of benzene rings is 1. The Morgan fingerprint density at radius 1 is 1.18 bits per heavy atom. The highest BCUT2D eigenvalue weighted by Gasteiger charge is 2.28. The number of imide groups is 1. The fraction of sp³-hybridized carbons (Fsp3) is 0.333. The Hall–Kier alpha value is -1.33. The number of rotatable bonds is 3. The Morgan fingerprint density at radius 2 is 1.76 bits per heavy atom. The average molecular weight is 251 g/mol. The van der Waals surface area contributed by atoms with E-state index in [0.717, 1.165) is 4.90 Å². The summed E-state index contributed by atoms with van der Waals surface area (Å²) in [4.78, 5) is 24.2. The van der Waals surface area contributed by atoms with Gasteiger partial charge in [0.1, 0.15) is 0 Å². The van der Waals surface area contributed by atoms with Crippen molar-refractivity contribution < 1.29 is 14.7 Å². The number of aliphatic hydroxyl groups excluding tert-OH is 1. The van der Waals surface area contributed by atoms with Crippen LogP contribution in [0.4, 0.5) is 0 Å². The minimum Gasteiger partial charge on any atom is -0.387 e. The van der Waals surface area contributed by atoms with Gasteiger partial charge in [-0.15, -0.1) is 11.8 Å². The van der Waals surface area contributed by atoms with Crippen LogP contribution in [0.5, 0.6) is 0 Å². The lowest BCUT2D eigenvalue weighted by atomic mass is 10.1. The van der Waals surface area contributed by atoms with Gasteiger partial charge in [-0.2, -0.15) is 0 Å². The molecule has 1 heterocycles. The van der Waals surface area contributed by atoms with Crippen LogP contribution in [0, 0.1) is 0 Å². The second-order valence-electron chi connectivity index (χ2n) is 3.82. The third-order valence-electron chi connectivity index (χ3n) is 2.59. The standard InChI is InChI=1S/C12H13NO3S/c14-10(9-4-2-1-3-5-9)6-13-11(15)7-17-8-12(13)16/h1-5,10,14H,6-8H2. The molecule has 1 saturated heterocycles. The van der Waals surface area contributed by atoms with E-state index in [9.17, 15) is 14.7 Å². The summed E-state index contributed by atoms with van der Waals surface area (Å²) in [6.07, 6.45) is -0.813. The molecule has 0 radical (unpaired) electrons. The maximum atomic E-state index is 11.5. The zero-order valence-corrected chi connectivity index (χ0v) is 10.0. The van der Waals surface area contributed by atoms with Gasteiger partial charge >= 0.3 is 0 Å². The SMILES string of the molecule is O=C1CSCC(=O)N1CC(O)c1ccccc1. The Labute approximate surface area is 104 Å². The van der Waals surface area contributed by atoms with E-state index in [2.05, 4.69) is 0 Å². The molecule has 17 heavy (non-hydrogen) atoms. The monoisotopic (exact) mass is 251 g/mol. The van der Waals surface area contributed by atoms with E-state index >= 15 is 0 Å². The highest BCUT2D eigenvalue weighted by molar-refractivity contribution is 8.00. The number of hydrogen-bond acceptors (Lipinski definition) is 4. The van der Waals surface area contributed by atoms with Crippen molar-refractivity contribution in [3.8, 4) is 0 Å². The maximum Gasteiger partial charge on any atom is 0.239 e.